The van der Waals surface area contributed by atoms with Crippen LogP contribution in [0, 0.1) is 31.6 Å². The number of carbonyl (C=O) groups excluding carboxylic acids is 2. The van der Waals surface area contributed by atoms with Crippen LogP contribution in [0.2, 0.25) is 0 Å². The lowest BCUT2D eigenvalue weighted by atomic mass is 9.95. The van der Waals surface area contributed by atoms with Crippen molar-refractivity contribution in [1.82, 2.24) is 0 Å². The average Bonchev–Trinajstić information content (AvgIpc) is 4.00. The molecule has 0 spiro atoms. The molecule has 6 heteroatoms. The molecule has 3 aromatic carbocycles. The Bertz CT molecular complexity index is 2290. The van der Waals surface area contributed by atoms with E-state index in [9.17, 15) is 9.59 Å². The third-order valence-corrected chi connectivity index (χ3v) is 17.2. The van der Waals surface area contributed by atoms with Gasteiger partial charge in [-0.2, -0.15) is 0 Å². The lowest BCUT2D eigenvalue weighted by molar-refractivity contribution is 0.0829. The van der Waals surface area contributed by atoms with Gasteiger partial charge < -0.3 is 9.47 Å². The van der Waals surface area contributed by atoms with Crippen LogP contribution in [0.25, 0.3) is 41.4 Å². The van der Waals surface area contributed by atoms with Gasteiger partial charge in [0.25, 0.3) is 0 Å². The second kappa shape index (κ2) is 27.8. The van der Waals surface area contributed by atoms with Crippen molar-refractivity contribution in [3.8, 4) is 21.9 Å². The molecule has 2 heterocycles. The molecule has 0 radical (unpaired) electrons. The van der Waals surface area contributed by atoms with Crippen molar-refractivity contribution >= 4 is 65.2 Å². The molecule has 1 aliphatic rings. The lowest BCUT2D eigenvalue weighted by Gasteiger charge is -2.21. The molecule has 3 unspecified atom stereocenters. The topological polar surface area (TPSA) is 52.6 Å². The number of ketones is 2. The van der Waals surface area contributed by atoms with Crippen molar-refractivity contribution < 1.29 is 19.1 Å². The number of fused-ring (bicyclic) bond motifs is 6. The van der Waals surface area contributed by atoms with Gasteiger partial charge in [0.15, 0.2) is 11.6 Å². The largest absolute Gasteiger partial charge is 0.493 e. The Labute approximate surface area is 414 Å². The van der Waals surface area contributed by atoms with Crippen molar-refractivity contribution in [2.75, 3.05) is 13.2 Å². The van der Waals surface area contributed by atoms with Gasteiger partial charge in [-0.15, -0.1) is 22.7 Å². The van der Waals surface area contributed by atoms with Gasteiger partial charge in [0.2, 0.25) is 0 Å². The Morgan fingerprint density at radius 3 is 1.48 bits per heavy atom. The maximum absolute atomic E-state index is 14.5. The van der Waals surface area contributed by atoms with E-state index in [2.05, 4.69) is 77.9 Å². The minimum atomic E-state index is -0.570. The highest BCUT2D eigenvalue weighted by Gasteiger charge is 2.41. The Hall–Kier alpha value is -3.22. The molecule has 0 aliphatic heterocycles. The van der Waals surface area contributed by atoms with E-state index in [0.717, 1.165) is 56.5 Å². The van der Waals surface area contributed by atoms with E-state index in [0.29, 0.717) is 42.6 Å². The number of hydrogen-bond acceptors (Lipinski definition) is 6. The van der Waals surface area contributed by atoms with Gasteiger partial charge >= 0.3 is 0 Å². The van der Waals surface area contributed by atoms with Crippen molar-refractivity contribution in [3.63, 3.8) is 0 Å². The fraction of sp³-hybridized carbons (Fsp3) is 0.639. The first-order chi connectivity index (χ1) is 32.7. The molecule has 0 bridgehead atoms. The lowest BCUT2D eigenvalue weighted by Crippen LogP contribution is -2.15. The van der Waals surface area contributed by atoms with Crippen LogP contribution in [-0.4, -0.2) is 24.8 Å². The molecule has 2 aromatic heterocycles. The van der Waals surface area contributed by atoms with Crippen LogP contribution in [0.15, 0.2) is 36.4 Å². The number of Topliss-reactive ketones (excluding diaryl/α,β-unsaturated/α-hetero) is 2. The zero-order chi connectivity index (χ0) is 47.5. The van der Waals surface area contributed by atoms with Gasteiger partial charge in [-0.25, -0.2) is 0 Å². The Morgan fingerprint density at radius 1 is 0.493 bits per heavy atom. The van der Waals surface area contributed by atoms with Crippen molar-refractivity contribution in [3.05, 3.63) is 58.0 Å². The summed E-state index contributed by atoms with van der Waals surface area (Å²) in [4.78, 5) is 31.1. The number of aryl methyl sites for hydroxylation is 2. The highest BCUT2D eigenvalue weighted by atomic mass is 32.1. The predicted molar refractivity (Wildman–Crippen MR) is 293 cm³/mol. The molecule has 0 amide bonds. The number of rotatable bonds is 34. The molecule has 0 N–H and O–H groups in total. The molecule has 5 aromatic rings. The maximum Gasteiger partial charge on any atom is 0.175 e. The second-order valence-electron chi connectivity index (χ2n) is 20.6. The van der Waals surface area contributed by atoms with E-state index in [-0.39, 0.29) is 11.6 Å². The van der Waals surface area contributed by atoms with Gasteiger partial charge in [-0.3, -0.25) is 9.59 Å². The molecule has 67 heavy (non-hydrogen) atoms. The van der Waals surface area contributed by atoms with Crippen LogP contribution < -0.4 is 9.47 Å². The predicted octanol–water partition coefficient (Wildman–Crippen LogP) is 20.2. The highest BCUT2D eigenvalue weighted by Crippen LogP contribution is 2.51. The number of unbranched alkanes of at least 4 members (excludes halogenated alkanes) is 17. The van der Waals surface area contributed by atoms with Gasteiger partial charge in [0.05, 0.1) is 19.1 Å². The monoisotopic (exact) mass is 949 g/mol. The molecule has 3 atom stereocenters. The van der Waals surface area contributed by atoms with E-state index in [1.165, 1.54) is 174 Å². The first-order valence-electron chi connectivity index (χ1n) is 27.7. The highest BCUT2D eigenvalue weighted by molar-refractivity contribution is 7.23. The number of hydrogen-bond donors (Lipinski definition) is 0. The Balaban J connectivity index is 1.38. The third kappa shape index (κ3) is 14.2. The Morgan fingerprint density at radius 2 is 0.940 bits per heavy atom. The Kier molecular flexibility index (Phi) is 22.1. The summed E-state index contributed by atoms with van der Waals surface area (Å²) in [6, 6.07) is 13.4. The quantitative estimate of drug-likeness (QED) is 0.0305. The number of carbonyl (C=O) groups is 2. The van der Waals surface area contributed by atoms with E-state index < -0.39 is 5.92 Å². The van der Waals surface area contributed by atoms with Gasteiger partial charge in [0, 0.05) is 46.6 Å². The molecule has 0 saturated heterocycles. The summed E-state index contributed by atoms with van der Waals surface area (Å²) in [6.45, 7) is 17.1. The SMILES string of the molecule is CCCCCCCCCCCCC1C(=O)c2c(C)ccc(-c3cc4cc(OCC(CCCC)CCCCCC)c5c6sc(C)cc6cc(OCC(CCCC)CCCCCC)c5c4s3)c2C1=O. The zero-order valence-corrected chi connectivity index (χ0v) is 44.8. The van der Waals surface area contributed by atoms with Crippen LogP contribution in [0.4, 0.5) is 0 Å². The first-order valence-corrected chi connectivity index (χ1v) is 29.3. The molecular weight excluding hydrogens is 861 g/mol. The minimum absolute atomic E-state index is 0.0230. The van der Waals surface area contributed by atoms with Crippen molar-refractivity contribution in [2.45, 2.75) is 222 Å². The number of benzene rings is 3. The summed E-state index contributed by atoms with van der Waals surface area (Å²) in [5, 5.41) is 4.63. The third-order valence-electron chi connectivity index (χ3n) is 14.9. The van der Waals surface area contributed by atoms with E-state index in [4.69, 9.17) is 9.47 Å². The minimum Gasteiger partial charge on any atom is -0.493 e. The van der Waals surface area contributed by atoms with Crippen LogP contribution in [0.3, 0.4) is 0 Å². The number of ether oxygens (including phenoxy) is 2. The zero-order valence-electron chi connectivity index (χ0n) is 43.2. The fourth-order valence-corrected chi connectivity index (χ4v) is 13.1. The molecule has 0 fully saturated rings. The first kappa shape index (κ1) is 53.1. The summed E-state index contributed by atoms with van der Waals surface area (Å²) in [7, 11) is 0. The van der Waals surface area contributed by atoms with E-state index in [1.54, 1.807) is 11.3 Å². The number of thiophene rings is 2. The molecule has 368 valence electrons. The van der Waals surface area contributed by atoms with E-state index in [1.807, 2.05) is 18.3 Å². The normalized spacial score (nSPS) is 14.8. The van der Waals surface area contributed by atoms with E-state index >= 15 is 0 Å². The standard InChI is InChI=1S/C61H88O4S2/c1-8-13-18-21-22-23-24-25-26-29-34-50-58(62)54-43(6)35-36-49(55(54)59(50)63)53-40-48-39-52(65-42-46(31-17-12-5)33-28-20-15-10-3)56-57(61(48)67-53)51(38-47-37-44(7)66-60(47)56)64-41-45(30-16-11-4)32-27-19-14-9-2/h35-40,45-46,50H,8-34,41-42H2,1-7H3. The second-order valence-corrected chi connectivity index (χ2v) is 22.9. The molecular formula is C61H88O4S2. The van der Waals surface area contributed by atoms with Gasteiger partial charge in [-0.1, -0.05) is 188 Å². The van der Waals surface area contributed by atoms with Crippen LogP contribution >= 0.6 is 22.7 Å². The van der Waals surface area contributed by atoms with Crippen molar-refractivity contribution in [2.24, 2.45) is 17.8 Å². The summed E-state index contributed by atoms with van der Waals surface area (Å²) in [5.74, 6) is 2.40. The molecule has 6 rings (SSSR count). The molecule has 4 nitrogen and oxygen atoms in total. The molecule has 0 saturated carbocycles. The van der Waals surface area contributed by atoms with Gasteiger partial charge in [-0.05, 0) is 98.4 Å². The molecule has 1 aliphatic carbocycles. The van der Waals surface area contributed by atoms with Crippen LogP contribution in [0.1, 0.15) is 239 Å². The average molecular weight is 950 g/mol. The maximum atomic E-state index is 14.5. The fourth-order valence-electron chi connectivity index (χ4n) is 10.8. The smallest absolute Gasteiger partial charge is 0.175 e. The van der Waals surface area contributed by atoms with Crippen LogP contribution in [0.5, 0.6) is 11.5 Å². The summed E-state index contributed by atoms with van der Waals surface area (Å²) < 4.78 is 16.8. The van der Waals surface area contributed by atoms with Gasteiger partial charge in [0.1, 0.15) is 11.5 Å². The summed E-state index contributed by atoms with van der Waals surface area (Å²) >= 11 is 3.61. The summed E-state index contributed by atoms with van der Waals surface area (Å²) in [6.07, 6.45) is 32.8. The van der Waals surface area contributed by atoms with Crippen LogP contribution in [-0.2, 0) is 0 Å². The van der Waals surface area contributed by atoms with Crippen molar-refractivity contribution in [1.29, 1.82) is 0 Å². The summed E-state index contributed by atoms with van der Waals surface area (Å²) in [5.41, 5.74) is 3.11.